The molecule has 4 rings (SSSR count). The first-order valence-electron chi connectivity index (χ1n) is 9.06. The average Bonchev–Trinajstić information content (AvgIpc) is 3.19. The number of methoxy groups -OCH3 is 1. The molecule has 1 heterocycles. The van der Waals surface area contributed by atoms with E-state index >= 15 is 0 Å². The van der Waals surface area contributed by atoms with Gasteiger partial charge in [0.2, 0.25) is 26.6 Å². The molecule has 0 radical (unpaired) electrons. The van der Waals surface area contributed by atoms with Crippen LogP contribution in [0.5, 0.6) is 5.75 Å². The SMILES string of the molecule is COc1ccc(Nc2oc(-c3ccccc3Cl)nc2S(=O)(=O)c2ccc(Br)cc2)cc1. The van der Waals surface area contributed by atoms with Crippen molar-refractivity contribution in [2.24, 2.45) is 0 Å². The molecule has 31 heavy (non-hydrogen) atoms. The van der Waals surface area contributed by atoms with E-state index < -0.39 is 9.84 Å². The van der Waals surface area contributed by atoms with E-state index in [1.807, 2.05) is 0 Å². The van der Waals surface area contributed by atoms with Crippen LogP contribution >= 0.6 is 27.5 Å². The number of sulfone groups is 1. The van der Waals surface area contributed by atoms with E-state index in [1.165, 1.54) is 12.1 Å². The Labute approximate surface area is 192 Å². The number of ether oxygens (including phenoxy) is 1. The van der Waals surface area contributed by atoms with Gasteiger partial charge in [-0.2, -0.15) is 4.98 Å². The minimum Gasteiger partial charge on any atom is -0.497 e. The maximum atomic E-state index is 13.4. The highest BCUT2D eigenvalue weighted by Gasteiger charge is 2.29. The first-order chi connectivity index (χ1) is 14.9. The second-order valence-electron chi connectivity index (χ2n) is 6.44. The van der Waals surface area contributed by atoms with Crippen LogP contribution in [-0.4, -0.2) is 20.5 Å². The molecule has 0 saturated carbocycles. The molecule has 4 aromatic rings. The van der Waals surface area contributed by atoms with Gasteiger partial charge in [-0.3, -0.25) is 0 Å². The van der Waals surface area contributed by atoms with Gasteiger partial charge in [-0.15, -0.1) is 0 Å². The lowest BCUT2D eigenvalue weighted by Crippen LogP contribution is -2.05. The second-order valence-corrected chi connectivity index (χ2v) is 9.63. The molecular weight excluding hydrogens is 504 g/mol. The molecule has 0 atom stereocenters. The van der Waals surface area contributed by atoms with E-state index in [0.717, 1.165) is 4.47 Å². The van der Waals surface area contributed by atoms with Crippen LogP contribution in [0.4, 0.5) is 11.6 Å². The van der Waals surface area contributed by atoms with Gasteiger partial charge in [0.15, 0.2) is 0 Å². The Balaban J connectivity index is 1.83. The zero-order chi connectivity index (χ0) is 22.0. The number of hydrogen-bond donors (Lipinski definition) is 1. The van der Waals surface area contributed by atoms with Gasteiger partial charge in [0.05, 0.1) is 22.6 Å². The van der Waals surface area contributed by atoms with Gasteiger partial charge in [0, 0.05) is 10.2 Å². The molecule has 0 amide bonds. The van der Waals surface area contributed by atoms with Crippen LogP contribution in [0.1, 0.15) is 0 Å². The summed E-state index contributed by atoms with van der Waals surface area (Å²) in [5.74, 6) is 0.753. The van der Waals surface area contributed by atoms with Crippen molar-refractivity contribution < 1.29 is 17.6 Å². The number of nitrogens with zero attached hydrogens (tertiary/aromatic N) is 1. The number of nitrogens with one attached hydrogen (secondary N) is 1. The molecule has 0 spiro atoms. The molecule has 6 nitrogen and oxygen atoms in total. The van der Waals surface area contributed by atoms with Gasteiger partial charge >= 0.3 is 0 Å². The van der Waals surface area contributed by atoms with Crippen molar-refractivity contribution in [2.75, 3.05) is 12.4 Å². The lowest BCUT2D eigenvalue weighted by molar-refractivity contribution is 0.415. The van der Waals surface area contributed by atoms with E-state index in [4.69, 9.17) is 20.8 Å². The molecule has 0 aliphatic rings. The third-order valence-electron chi connectivity index (χ3n) is 4.43. The molecule has 0 fully saturated rings. The van der Waals surface area contributed by atoms with Crippen molar-refractivity contribution >= 4 is 48.9 Å². The van der Waals surface area contributed by atoms with Crippen molar-refractivity contribution in [3.05, 3.63) is 82.3 Å². The Morgan fingerprint density at radius 1 is 1.00 bits per heavy atom. The fraction of sp³-hybridized carbons (Fsp3) is 0.0455. The molecule has 0 unspecified atom stereocenters. The zero-order valence-electron chi connectivity index (χ0n) is 16.2. The quantitative estimate of drug-likeness (QED) is 0.320. The van der Waals surface area contributed by atoms with Crippen molar-refractivity contribution in [3.63, 3.8) is 0 Å². The monoisotopic (exact) mass is 518 g/mol. The van der Waals surface area contributed by atoms with Gasteiger partial charge in [-0.1, -0.05) is 39.7 Å². The summed E-state index contributed by atoms with van der Waals surface area (Å²) in [4.78, 5) is 4.39. The van der Waals surface area contributed by atoms with Crippen LogP contribution in [0.25, 0.3) is 11.5 Å². The first kappa shape index (κ1) is 21.4. The number of benzene rings is 3. The lowest BCUT2D eigenvalue weighted by atomic mass is 10.2. The summed E-state index contributed by atoms with van der Waals surface area (Å²) in [5, 5.41) is 3.16. The van der Waals surface area contributed by atoms with Crippen LogP contribution in [0.2, 0.25) is 5.02 Å². The fourth-order valence-electron chi connectivity index (χ4n) is 2.85. The maximum Gasteiger partial charge on any atom is 0.238 e. The molecule has 0 saturated heterocycles. The second kappa shape index (κ2) is 8.74. The number of aromatic nitrogens is 1. The normalized spacial score (nSPS) is 11.3. The predicted molar refractivity (Wildman–Crippen MR) is 123 cm³/mol. The van der Waals surface area contributed by atoms with Gasteiger partial charge in [0.25, 0.3) is 0 Å². The minimum atomic E-state index is -3.98. The highest BCUT2D eigenvalue weighted by Crippen LogP contribution is 2.36. The standard InChI is InChI=1S/C22H16BrClN2O4S/c1-29-16-10-8-15(9-11-16)25-21-22(31(27,28)17-12-6-14(23)7-13-17)26-20(30-21)18-4-2-3-5-19(18)24/h2-13,25H,1H3. The molecule has 0 bridgehead atoms. The van der Waals surface area contributed by atoms with Crippen molar-refractivity contribution in [1.29, 1.82) is 0 Å². The van der Waals surface area contributed by atoms with Gasteiger partial charge in [-0.25, -0.2) is 8.42 Å². The maximum absolute atomic E-state index is 13.4. The Morgan fingerprint density at radius 3 is 2.32 bits per heavy atom. The first-order valence-corrected chi connectivity index (χ1v) is 11.7. The van der Waals surface area contributed by atoms with Crippen LogP contribution in [0.3, 0.4) is 0 Å². The molecular formula is C22H16BrClN2O4S. The highest BCUT2D eigenvalue weighted by atomic mass is 79.9. The zero-order valence-corrected chi connectivity index (χ0v) is 19.3. The van der Waals surface area contributed by atoms with Gasteiger partial charge in [-0.05, 0) is 60.7 Å². The van der Waals surface area contributed by atoms with Crippen LogP contribution in [0.15, 0.2) is 91.6 Å². The van der Waals surface area contributed by atoms with E-state index in [1.54, 1.807) is 67.8 Å². The molecule has 0 aliphatic heterocycles. The highest BCUT2D eigenvalue weighted by molar-refractivity contribution is 9.10. The van der Waals surface area contributed by atoms with Crippen molar-refractivity contribution in [1.82, 2.24) is 4.98 Å². The summed E-state index contributed by atoms with van der Waals surface area (Å²) in [5.41, 5.74) is 1.09. The number of anilines is 2. The molecule has 158 valence electrons. The topological polar surface area (TPSA) is 81.4 Å². The van der Waals surface area contributed by atoms with Crippen molar-refractivity contribution in [2.45, 2.75) is 9.92 Å². The van der Waals surface area contributed by atoms with E-state index in [0.29, 0.717) is 22.0 Å². The predicted octanol–water partition coefficient (Wildman–Crippen LogP) is 6.34. The molecule has 1 aromatic heterocycles. The molecule has 9 heteroatoms. The van der Waals surface area contributed by atoms with Gasteiger partial charge in [0.1, 0.15) is 5.75 Å². The third-order valence-corrected chi connectivity index (χ3v) is 6.96. The van der Waals surface area contributed by atoms with Crippen LogP contribution in [0, 0.1) is 0 Å². The van der Waals surface area contributed by atoms with Gasteiger partial charge < -0.3 is 14.5 Å². The molecule has 1 N–H and O–H groups in total. The summed E-state index contributed by atoms with van der Waals surface area (Å²) >= 11 is 9.59. The summed E-state index contributed by atoms with van der Waals surface area (Å²) < 4.78 is 38.5. The number of halogens is 2. The van der Waals surface area contributed by atoms with Crippen molar-refractivity contribution in [3.8, 4) is 17.2 Å². The lowest BCUT2D eigenvalue weighted by Gasteiger charge is -2.07. The summed E-state index contributed by atoms with van der Waals surface area (Å²) in [7, 11) is -2.41. The fourth-order valence-corrected chi connectivity index (χ4v) is 4.59. The van der Waals surface area contributed by atoms with E-state index in [-0.39, 0.29) is 21.7 Å². The Bertz CT molecular complexity index is 1320. The number of oxazole rings is 1. The average molecular weight is 520 g/mol. The third kappa shape index (κ3) is 4.46. The van der Waals surface area contributed by atoms with Crippen LogP contribution < -0.4 is 10.1 Å². The molecule has 3 aromatic carbocycles. The largest absolute Gasteiger partial charge is 0.497 e. The number of hydrogen-bond acceptors (Lipinski definition) is 6. The summed E-state index contributed by atoms with van der Waals surface area (Å²) in [6, 6.07) is 20.2. The minimum absolute atomic E-state index is 0.0111. The smallest absolute Gasteiger partial charge is 0.238 e. The number of rotatable bonds is 6. The Kier molecular flexibility index (Phi) is 6.04. The van der Waals surface area contributed by atoms with E-state index in [2.05, 4.69) is 26.2 Å². The molecule has 0 aliphatic carbocycles. The van der Waals surface area contributed by atoms with Crippen LogP contribution in [-0.2, 0) is 9.84 Å². The van der Waals surface area contributed by atoms with E-state index in [9.17, 15) is 8.42 Å². The summed E-state index contributed by atoms with van der Waals surface area (Å²) in [6.07, 6.45) is 0. The Morgan fingerprint density at radius 2 is 1.68 bits per heavy atom. The Hall–Kier alpha value is -2.81. The summed E-state index contributed by atoms with van der Waals surface area (Å²) in [6.45, 7) is 0.